The minimum atomic E-state index is -0.914. The number of hydrogen-bond acceptors (Lipinski definition) is 6. The van der Waals surface area contributed by atoms with Crippen LogP contribution in [0.15, 0.2) is 17.7 Å². The number of hydrogen-bond donors (Lipinski definition) is 3. The van der Waals surface area contributed by atoms with Crippen molar-refractivity contribution in [3.8, 4) is 0 Å². The Balaban J connectivity index is 1.99. The van der Waals surface area contributed by atoms with Gasteiger partial charge >= 0.3 is 5.97 Å². The lowest BCUT2D eigenvalue weighted by Crippen LogP contribution is -2.50. The van der Waals surface area contributed by atoms with Gasteiger partial charge in [0.25, 0.3) is 0 Å². The second-order valence-electron chi connectivity index (χ2n) is 4.94. The highest BCUT2D eigenvalue weighted by atomic mass is 32.2. The molecule has 0 amide bonds. The summed E-state index contributed by atoms with van der Waals surface area (Å²) in [5.74, 6) is -0.184. The zero-order valence-corrected chi connectivity index (χ0v) is 12.9. The SMILES string of the molecule is CCCNC(C)(CCSc1ncnc2nc[nH]c12)C(=O)O. The van der Waals surface area contributed by atoms with Crippen molar-refractivity contribution in [3.63, 3.8) is 0 Å². The van der Waals surface area contributed by atoms with Crippen LogP contribution in [0.5, 0.6) is 0 Å². The van der Waals surface area contributed by atoms with Crippen LogP contribution in [-0.4, -0.2) is 48.8 Å². The van der Waals surface area contributed by atoms with E-state index in [4.69, 9.17) is 0 Å². The average molecular weight is 309 g/mol. The number of aliphatic carboxylic acids is 1. The van der Waals surface area contributed by atoms with Gasteiger partial charge in [-0.1, -0.05) is 6.92 Å². The summed E-state index contributed by atoms with van der Waals surface area (Å²) in [6.07, 6.45) is 4.45. The lowest BCUT2D eigenvalue weighted by molar-refractivity contribution is -0.144. The maximum Gasteiger partial charge on any atom is 0.323 e. The van der Waals surface area contributed by atoms with Crippen LogP contribution in [0.25, 0.3) is 11.2 Å². The molecule has 3 N–H and O–H groups in total. The van der Waals surface area contributed by atoms with E-state index in [-0.39, 0.29) is 0 Å². The summed E-state index contributed by atoms with van der Waals surface area (Å²) in [7, 11) is 0. The third-order valence-electron chi connectivity index (χ3n) is 3.27. The number of carboxylic acid groups (broad SMARTS) is 1. The molecule has 2 aromatic rings. The number of aromatic amines is 1. The molecular formula is C13H19N5O2S. The second kappa shape index (κ2) is 6.86. The highest BCUT2D eigenvalue weighted by Crippen LogP contribution is 2.24. The van der Waals surface area contributed by atoms with E-state index in [0.29, 0.717) is 24.4 Å². The van der Waals surface area contributed by atoms with E-state index < -0.39 is 11.5 Å². The van der Waals surface area contributed by atoms with Crippen LogP contribution in [-0.2, 0) is 4.79 Å². The Kier molecular flexibility index (Phi) is 5.13. The van der Waals surface area contributed by atoms with Crippen molar-refractivity contribution < 1.29 is 9.90 Å². The van der Waals surface area contributed by atoms with Crippen LogP contribution < -0.4 is 5.32 Å². The number of imidazole rings is 1. The van der Waals surface area contributed by atoms with Gasteiger partial charge in [0.2, 0.25) is 0 Å². The Morgan fingerprint density at radius 2 is 2.29 bits per heavy atom. The van der Waals surface area contributed by atoms with Gasteiger partial charge in [-0.05, 0) is 26.3 Å². The number of carbonyl (C=O) groups is 1. The van der Waals surface area contributed by atoms with E-state index >= 15 is 0 Å². The zero-order valence-electron chi connectivity index (χ0n) is 12.1. The number of fused-ring (bicyclic) bond motifs is 1. The summed E-state index contributed by atoms with van der Waals surface area (Å²) < 4.78 is 0. The first-order chi connectivity index (χ1) is 10.1. The first-order valence-electron chi connectivity index (χ1n) is 6.82. The quantitative estimate of drug-likeness (QED) is 0.503. The van der Waals surface area contributed by atoms with Crippen LogP contribution in [0.3, 0.4) is 0 Å². The molecule has 0 radical (unpaired) electrons. The van der Waals surface area contributed by atoms with Crippen molar-refractivity contribution in [2.24, 2.45) is 0 Å². The summed E-state index contributed by atoms with van der Waals surface area (Å²) in [6, 6.07) is 0. The van der Waals surface area contributed by atoms with Crippen LogP contribution in [0.2, 0.25) is 0 Å². The van der Waals surface area contributed by atoms with Gasteiger partial charge in [0.1, 0.15) is 22.4 Å². The fourth-order valence-electron chi connectivity index (χ4n) is 1.88. The molecule has 2 rings (SSSR count). The molecule has 0 aliphatic heterocycles. The Morgan fingerprint density at radius 3 is 3.00 bits per heavy atom. The molecule has 21 heavy (non-hydrogen) atoms. The fraction of sp³-hybridized carbons (Fsp3) is 0.538. The van der Waals surface area contributed by atoms with Crippen molar-refractivity contribution in [1.82, 2.24) is 25.3 Å². The van der Waals surface area contributed by atoms with Gasteiger partial charge in [0.15, 0.2) is 5.65 Å². The average Bonchev–Trinajstić information content (AvgIpc) is 2.94. The largest absolute Gasteiger partial charge is 0.480 e. The minimum absolute atomic E-state index is 0.507. The Hall–Kier alpha value is -1.67. The number of nitrogens with zero attached hydrogens (tertiary/aromatic N) is 3. The number of carboxylic acids is 1. The Morgan fingerprint density at radius 1 is 1.48 bits per heavy atom. The van der Waals surface area contributed by atoms with E-state index in [0.717, 1.165) is 17.0 Å². The molecule has 1 unspecified atom stereocenters. The van der Waals surface area contributed by atoms with E-state index in [1.54, 1.807) is 13.3 Å². The predicted molar refractivity (Wildman–Crippen MR) is 81.4 cm³/mol. The number of rotatable bonds is 8. The summed E-state index contributed by atoms with van der Waals surface area (Å²) >= 11 is 1.51. The van der Waals surface area contributed by atoms with Gasteiger partial charge in [-0.25, -0.2) is 15.0 Å². The van der Waals surface area contributed by atoms with Gasteiger partial charge in [0, 0.05) is 5.75 Å². The molecule has 0 saturated carbocycles. The number of nitrogens with one attached hydrogen (secondary N) is 2. The van der Waals surface area contributed by atoms with Gasteiger partial charge in [-0.3, -0.25) is 4.79 Å². The van der Waals surface area contributed by atoms with Gasteiger partial charge < -0.3 is 15.4 Å². The standard InChI is InChI=1S/C13H19N5O2S/c1-3-5-18-13(2,12(19)20)4-6-21-11-9-10(15-7-14-9)16-8-17-11/h7-8,18H,3-6H2,1-2H3,(H,19,20)(H,14,15,16,17). The van der Waals surface area contributed by atoms with Gasteiger partial charge in [-0.2, -0.15) is 0 Å². The molecule has 7 nitrogen and oxygen atoms in total. The Bertz CT molecular complexity index is 617. The van der Waals surface area contributed by atoms with Crippen LogP contribution in [0, 0.1) is 0 Å². The van der Waals surface area contributed by atoms with Crippen molar-refractivity contribution in [2.75, 3.05) is 12.3 Å². The molecule has 114 valence electrons. The van der Waals surface area contributed by atoms with Crippen molar-refractivity contribution in [3.05, 3.63) is 12.7 Å². The topological polar surface area (TPSA) is 104 Å². The smallest absolute Gasteiger partial charge is 0.323 e. The predicted octanol–water partition coefficient (Wildman–Crippen LogP) is 1.68. The Labute approximate surface area is 127 Å². The van der Waals surface area contributed by atoms with Gasteiger partial charge in [0.05, 0.1) is 6.33 Å². The molecule has 2 heterocycles. The molecular weight excluding hydrogens is 290 g/mol. The second-order valence-corrected chi connectivity index (χ2v) is 6.03. The summed E-state index contributed by atoms with van der Waals surface area (Å²) in [6.45, 7) is 4.42. The monoisotopic (exact) mass is 309 g/mol. The highest BCUT2D eigenvalue weighted by molar-refractivity contribution is 7.99. The lowest BCUT2D eigenvalue weighted by Gasteiger charge is -2.25. The number of thioether (sulfide) groups is 1. The fourth-order valence-corrected chi connectivity index (χ4v) is 3.00. The number of H-pyrrole nitrogens is 1. The molecule has 8 heteroatoms. The number of aromatic nitrogens is 4. The van der Waals surface area contributed by atoms with Crippen LogP contribution in [0.1, 0.15) is 26.7 Å². The lowest BCUT2D eigenvalue weighted by atomic mass is 9.99. The molecule has 0 aromatic carbocycles. The molecule has 2 aromatic heterocycles. The molecule has 0 fully saturated rings. The third kappa shape index (κ3) is 3.70. The maximum atomic E-state index is 11.4. The summed E-state index contributed by atoms with van der Waals surface area (Å²) in [5.41, 5.74) is 0.502. The molecule has 0 bridgehead atoms. The first-order valence-corrected chi connectivity index (χ1v) is 7.80. The third-order valence-corrected chi connectivity index (χ3v) is 4.26. The molecule has 1 atom stereocenters. The van der Waals surface area contributed by atoms with E-state index in [2.05, 4.69) is 25.3 Å². The maximum absolute atomic E-state index is 11.4. The van der Waals surface area contributed by atoms with Gasteiger partial charge in [-0.15, -0.1) is 11.8 Å². The zero-order chi connectivity index (χ0) is 15.3. The molecule has 0 saturated heterocycles. The minimum Gasteiger partial charge on any atom is -0.480 e. The molecule has 0 spiro atoms. The molecule has 0 aliphatic carbocycles. The van der Waals surface area contributed by atoms with E-state index in [1.807, 2.05) is 6.92 Å². The first kappa shape index (κ1) is 15.7. The normalized spacial score (nSPS) is 14.2. The van der Waals surface area contributed by atoms with E-state index in [9.17, 15) is 9.90 Å². The van der Waals surface area contributed by atoms with Crippen LogP contribution in [0.4, 0.5) is 0 Å². The van der Waals surface area contributed by atoms with E-state index in [1.165, 1.54) is 18.1 Å². The van der Waals surface area contributed by atoms with Crippen molar-refractivity contribution in [2.45, 2.75) is 37.3 Å². The summed E-state index contributed by atoms with van der Waals surface area (Å²) in [4.78, 5) is 26.8. The van der Waals surface area contributed by atoms with Crippen LogP contribution >= 0.6 is 11.8 Å². The summed E-state index contributed by atoms with van der Waals surface area (Å²) in [5, 5.41) is 13.3. The van der Waals surface area contributed by atoms with Crippen molar-refractivity contribution >= 4 is 28.9 Å². The van der Waals surface area contributed by atoms with Crippen molar-refractivity contribution in [1.29, 1.82) is 0 Å². The molecule has 0 aliphatic rings. The highest BCUT2D eigenvalue weighted by Gasteiger charge is 2.31.